The van der Waals surface area contributed by atoms with E-state index in [2.05, 4.69) is 9.97 Å². The highest BCUT2D eigenvalue weighted by Crippen LogP contribution is 2.17. The molecule has 1 atom stereocenters. The molecule has 1 aromatic carbocycles. The van der Waals surface area contributed by atoms with Crippen molar-refractivity contribution in [1.29, 1.82) is 0 Å². The van der Waals surface area contributed by atoms with E-state index in [-0.39, 0.29) is 12.3 Å². The fourth-order valence-corrected chi connectivity index (χ4v) is 3.22. The molecule has 0 radical (unpaired) electrons. The number of ether oxygens (including phenoxy) is 3. The molecule has 1 amide bonds. The first-order valence-corrected chi connectivity index (χ1v) is 10.3. The second-order valence-electron chi connectivity index (χ2n) is 7.12. The van der Waals surface area contributed by atoms with E-state index in [1.807, 2.05) is 29.2 Å². The van der Waals surface area contributed by atoms with Crippen LogP contribution in [0.15, 0.2) is 42.7 Å². The van der Waals surface area contributed by atoms with Crippen molar-refractivity contribution in [3.8, 4) is 11.5 Å². The van der Waals surface area contributed by atoms with Crippen LogP contribution in [0.1, 0.15) is 19.8 Å². The molecule has 2 heterocycles. The molecule has 1 aliphatic heterocycles. The fourth-order valence-electron chi connectivity index (χ4n) is 3.22. The summed E-state index contributed by atoms with van der Waals surface area (Å²) in [6.07, 6.45) is 3.27. The van der Waals surface area contributed by atoms with Crippen molar-refractivity contribution < 1.29 is 23.8 Å². The quantitative estimate of drug-likeness (QED) is 0.442. The van der Waals surface area contributed by atoms with Crippen LogP contribution in [0.25, 0.3) is 0 Å². The molecule has 31 heavy (non-hydrogen) atoms. The number of aromatic nitrogens is 2. The SMILES string of the molecule is COc1ccc(OCCCC(=O)OC(C)C(=O)N2CCN(c3ncccn3)CC2)cc1. The Bertz CT molecular complexity index is 839. The molecule has 1 aromatic heterocycles. The minimum atomic E-state index is -0.811. The average Bonchev–Trinajstić information content (AvgIpc) is 2.82. The van der Waals surface area contributed by atoms with Gasteiger partial charge in [0.25, 0.3) is 5.91 Å². The minimum Gasteiger partial charge on any atom is -0.497 e. The molecule has 1 aliphatic rings. The van der Waals surface area contributed by atoms with Gasteiger partial charge in [0, 0.05) is 45.0 Å². The molecule has 9 heteroatoms. The fraction of sp³-hybridized carbons (Fsp3) is 0.455. The Hall–Kier alpha value is -3.36. The number of rotatable bonds is 9. The van der Waals surface area contributed by atoms with Crippen LogP contribution in [0.5, 0.6) is 11.5 Å². The summed E-state index contributed by atoms with van der Waals surface area (Å²) in [5.41, 5.74) is 0. The third-order valence-corrected chi connectivity index (χ3v) is 4.94. The normalized spacial score (nSPS) is 14.6. The number of nitrogens with zero attached hydrogens (tertiary/aromatic N) is 4. The number of carbonyl (C=O) groups is 2. The van der Waals surface area contributed by atoms with Gasteiger partial charge in [-0.3, -0.25) is 9.59 Å². The Kier molecular flexibility index (Phi) is 8.03. The van der Waals surface area contributed by atoms with Gasteiger partial charge >= 0.3 is 5.97 Å². The van der Waals surface area contributed by atoms with Crippen LogP contribution < -0.4 is 14.4 Å². The van der Waals surface area contributed by atoms with Gasteiger partial charge in [-0.2, -0.15) is 0 Å². The monoisotopic (exact) mass is 428 g/mol. The Balaban J connectivity index is 1.34. The molecule has 0 spiro atoms. The maximum Gasteiger partial charge on any atom is 0.306 e. The number of methoxy groups -OCH3 is 1. The van der Waals surface area contributed by atoms with Gasteiger partial charge in [-0.1, -0.05) is 0 Å². The molecular formula is C22H28N4O5. The van der Waals surface area contributed by atoms with Gasteiger partial charge in [-0.05, 0) is 43.7 Å². The number of anilines is 1. The highest BCUT2D eigenvalue weighted by Gasteiger charge is 2.27. The summed E-state index contributed by atoms with van der Waals surface area (Å²) in [6, 6.07) is 9.00. The predicted octanol–water partition coefficient (Wildman–Crippen LogP) is 1.92. The number of hydrogen-bond donors (Lipinski definition) is 0. The van der Waals surface area contributed by atoms with Gasteiger partial charge in [0.2, 0.25) is 5.95 Å². The number of hydrogen-bond acceptors (Lipinski definition) is 8. The Morgan fingerprint density at radius 2 is 1.68 bits per heavy atom. The Morgan fingerprint density at radius 3 is 2.32 bits per heavy atom. The highest BCUT2D eigenvalue weighted by atomic mass is 16.5. The van der Waals surface area contributed by atoms with Crippen molar-refractivity contribution in [3.63, 3.8) is 0 Å². The zero-order valence-corrected chi connectivity index (χ0v) is 17.9. The number of amides is 1. The molecule has 2 aromatic rings. The van der Waals surface area contributed by atoms with E-state index in [1.165, 1.54) is 0 Å². The van der Waals surface area contributed by atoms with Crippen molar-refractivity contribution in [1.82, 2.24) is 14.9 Å². The van der Waals surface area contributed by atoms with Crippen molar-refractivity contribution in [2.45, 2.75) is 25.9 Å². The summed E-state index contributed by atoms with van der Waals surface area (Å²) < 4.78 is 16.0. The molecule has 166 valence electrons. The lowest BCUT2D eigenvalue weighted by molar-refractivity contribution is -0.159. The summed E-state index contributed by atoms with van der Waals surface area (Å²) in [6.45, 7) is 4.34. The largest absolute Gasteiger partial charge is 0.497 e. The van der Waals surface area contributed by atoms with Gasteiger partial charge in [0.1, 0.15) is 11.5 Å². The molecule has 0 saturated carbocycles. The zero-order valence-electron chi connectivity index (χ0n) is 17.9. The maximum atomic E-state index is 12.6. The molecular weight excluding hydrogens is 400 g/mol. The lowest BCUT2D eigenvalue weighted by Gasteiger charge is -2.35. The zero-order chi connectivity index (χ0) is 22.1. The Labute approximate surface area is 181 Å². The molecule has 1 fully saturated rings. The van der Waals surface area contributed by atoms with Gasteiger partial charge in [-0.15, -0.1) is 0 Å². The molecule has 0 aliphatic carbocycles. The van der Waals surface area contributed by atoms with Crippen molar-refractivity contribution in [3.05, 3.63) is 42.7 Å². The minimum absolute atomic E-state index is 0.184. The van der Waals surface area contributed by atoms with E-state index in [1.54, 1.807) is 37.4 Å². The second kappa shape index (κ2) is 11.1. The highest BCUT2D eigenvalue weighted by molar-refractivity contribution is 5.83. The van der Waals surface area contributed by atoms with E-state index in [9.17, 15) is 9.59 Å². The van der Waals surface area contributed by atoms with E-state index >= 15 is 0 Å². The van der Waals surface area contributed by atoms with Crippen LogP contribution in [0.4, 0.5) is 5.95 Å². The second-order valence-corrected chi connectivity index (χ2v) is 7.12. The molecule has 1 saturated heterocycles. The van der Waals surface area contributed by atoms with Crippen LogP contribution in [-0.2, 0) is 14.3 Å². The average molecular weight is 428 g/mol. The first kappa shape index (κ1) is 22.3. The first-order valence-electron chi connectivity index (χ1n) is 10.3. The number of esters is 1. The van der Waals surface area contributed by atoms with Gasteiger partial charge in [0.15, 0.2) is 6.10 Å². The number of benzene rings is 1. The maximum absolute atomic E-state index is 12.6. The molecule has 9 nitrogen and oxygen atoms in total. The van der Waals surface area contributed by atoms with Gasteiger partial charge in [-0.25, -0.2) is 9.97 Å². The summed E-state index contributed by atoms with van der Waals surface area (Å²) in [7, 11) is 1.60. The van der Waals surface area contributed by atoms with E-state index in [4.69, 9.17) is 14.2 Å². The summed E-state index contributed by atoms with van der Waals surface area (Å²) in [5, 5.41) is 0. The van der Waals surface area contributed by atoms with E-state index in [0.29, 0.717) is 50.9 Å². The first-order chi connectivity index (χ1) is 15.1. The van der Waals surface area contributed by atoms with Crippen molar-refractivity contribution in [2.24, 2.45) is 0 Å². The Morgan fingerprint density at radius 1 is 1.03 bits per heavy atom. The summed E-state index contributed by atoms with van der Waals surface area (Å²) >= 11 is 0. The van der Waals surface area contributed by atoms with Crippen molar-refractivity contribution in [2.75, 3.05) is 44.8 Å². The summed E-state index contributed by atoms with van der Waals surface area (Å²) in [4.78, 5) is 36.9. The molecule has 0 bridgehead atoms. The number of piperazine rings is 1. The predicted molar refractivity (Wildman–Crippen MR) is 114 cm³/mol. The van der Waals surface area contributed by atoms with Gasteiger partial charge in [0.05, 0.1) is 13.7 Å². The topological polar surface area (TPSA) is 94.1 Å². The molecule has 0 N–H and O–H groups in total. The molecule has 3 rings (SSSR count). The van der Waals surface area contributed by atoms with E-state index < -0.39 is 12.1 Å². The van der Waals surface area contributed by atoms with Crippen LogP contribution >= 0.6 is 0 Å². The third kappa shape index (κ3) is 6.56. The third-order valence-electron chi connectivity index (χ3n) is 4.94. The standard InChI is InChI=1S/C22H28N4O5/c1-17(21(28)25-12-14-26(15-13-25)22-23-10-4-11-24-22)31-20(27)5-3-16-30-19-8-6-18(29-2)7-9-19/h4,6-11,17H,3,5,12-16H2,1-2H3. The molecule has 1 unspecified atom stereocenters. The van der Waals surface area contributed by atoms with Crippen LogP contribution in [0.2, 0.25) is 0 Å². The van der Waals surface area contributed by atoms with Crippen LogP contribution in [0, 0.1) is 0 Å². The lowest BCUT2D eigenvalue weighted by Crippen LogP contribution is -2.52. The van der Waals surface area contributed by atoms with Crippen LogP contribution in [0.3, 0.4) is 0 Å². The van der Waals surface area contributed by atoms with Gasteiger partial charge < -0.3 is 24.0 Å². The van der Waals surface area contributed by atoms with Crippen molar-refractivity contribution >= 4 is 17.8 Å². The van der Waals surface area contributed by atoms with E-state index in [0.717, 1.165) is 5.75 Å². The summed E-state index contributed by atoms with van der Waals surface area (Å²) in [5.74, 6) is 1.53. The smallest absolute Gasteiger partial charge is 0.306 e. The number of carbonyl (C=O) groups excluding carboxylic acids is 2. The van der Waals surface area contributed by atoms with Crippen LogP contribution in [-0.4, -0.2) is 72.7 Å². The lowest BCUT2D eigenvalue weighted by atomic mass is 10.2.